The van der Waals surface area contributed by atoms with Gasteiger partial charge in [-0.2, -0.15) is 0 Å². The van der Waals surface area contributed by atoms with Gasteiger partial charge in [0.25, 0.3) is 0 Å². The summed E-state index contributed by atoms with van der Waals surface area (Å²) in [5.74, 6) is 0.588. The van der Waals surface area contributed by atoms with Crippen LogP contribution in [-0.2, 0) is 0 Å². The molecule has 0 atom stereocenters. The maximum absolute atomic E-state index is 5.82. The fourth-order valence-corrected chi connectivity index (χ4v) is 2.21. The first-order valence-electron chi connectivity index (χ1n) is 4.90. The van der Waals surface area contributed by atoms with Crippen LogP contribution in [0, 0.1) is 6.92 Å². The molecule has 1 saturated carbocycles. The van der Waals surface area contributed by atoms with Crippen molar-refractivity contribution in [2.75, 3.05) is 0 Å². The highest BCUT2D eigenvalue weighted by atomic mass is 35.5. The summed E-state index contributed by atoms with van der Waals surface area (Å²) in [5, 5.41) is 4.49. The van der Waals surface area contributed by atoms with Crippen molar-refractivity contribution in [2.24, 2.45) is 0 Å². The predicted octanol–water partition coefficient (Wildman–Crippen LogP) is 3.68. The van der Waals surface area contributed by atoms with E-state index < -0.39 is 0 Å². The Morgan fingerprint density at radius 1 is 1.31 bits per heavy atom. The van der Waals surface area contributed by atoms with Crippen molar-refractivity contribution < 1.29 is 4.52 Å². The Morgan fingerprint density at radius 2 is 2.00 bits per heavy atom. The lowest BCUT2D eigenvalue weighted by molar-refractivity contribution is 0.380. The summed E-state index contributed by atoms with van der Waals surface area (Å²) in [5.41, 5.74) is 2.12. The molecular formula is C10H14ClNO. The maximum atomic E-state index is 5.82. The Labute approximate surface area is 83.2 Å². The van der Waals surface area contributed by atoms with Crippen LogP contribution in [0.3, 0.4) is 0 Å². The van der Waals surface area contributed by atoms with Crippen LogP contribution >= 0.6 is 11.6 Å². The summed E-state index contributed by atoms with van der Waals surface area (Å²) in [6, 6.07) is 0. The van der Waals surface area contributed by atoms with Crippen LogP contribution in [0.4, 0.5) is 0 Å². The van der Waals surface area contributed by atoms with Gasteiger partial charge >= 0.3 is 0 Å². The van der Waals surface area contributed by atoms with Gasteiger partial charge in [0, 0.05) is 11.5 Å². The molecule has 0 bridgehead atoms. The minimum atomic E-state index is 0.459. The zero-order chi connectivity index (χ0) is 9.26. The van der Waals surface area contributed by atoms with Gasteiger partial charge in [0.15, 0.2) is 0 Å². The zero-order valence-corrected chi connectivity index (χ0v) is 8.60. The smallest absolute Gasteiger partial charge is 0.229 e. The minimum Gasteiger partial charge on any atom is -0.344 e. The minimum absolute atomic E-state index is 0.459. The molecule has 0 unspecified atom stereocenters. The molecule has 0 aliphatic heterocycles. The molecule has 1 aliphatic carbocycles. The second-order valence-corrected chi connectivity index (χ2v) is 4.14. The highest BCUT2D eigenvalue weighted by Crippen LogP contribution is 2.35. The number of hydrogen-bond acceptors (Lipinski definition) is 2. The number of nitrogens with zero attached hydrogens (tertiary/aromatic N) is 1. The van der Waals surface area contributed by atoms with E-state index in [0.717, 1.165) is 11.3 Å². The van der Waals surface area contributed by atoms with Gasteiger partial charge in [-0.1, -0.05) is 24.4 Å². The van der Waals surface area contributed by atoms with Crippen molar-refractivity contribution in [1.82, 2.24) is 5.16 Å². The molecule has 1 aliphatic rings. The largest absolute Gasteiger partial charge is 0.344 e. The van der Waals surface area contributed by atoms with Crippen LogP contribution < -0.4 is 0 Å². The van der Waals surface area contributed by atoms with E-state index in [2.05, 4.69) is 5.16 Å². The monoisotopic (exact) mass is 199 g/mol. The van der Waals surface area contributed by atoms with Gasteiger partial charge in [-0.15, -0.1) is 0 Å². The van der Waals surface area contributed by atoms with E-state index in [1.807, 2.05) is 6.92 Å². The molecule has 1 heterocycles. The quantitative estimate of drug-likeness (QED) is 0.690. The fourth-order valence-electron chi connectivity index (χ4n) is 2.08. The van der Waals surface area contributed by atoms with Gasteiger partial charge in [0.2, 0.25) is 5.22 Å². The zero-order valence-electron chi connectivity index (χ0n) is 7.85. The normalized spacial score (nSPS) is 19.2. The Kier molecular flexibility index (Phi) is 2.58. The third-order valence-electron chi connectivity index (χ3n) is 2.90. The van der Waals surface area contributed by atoms with Crippen LogP contribution in [0.5, 0.6) is 0 Å². The molecule has 0 spiro atoms. The molecule has 1 fully saturated rings. The number of aromatic nitrogens is 1. The van der Waals surface area contributed by atoms with E-state index in [1.165, 1.54) is 32.1 Å². The molecule has 1 aromatic heterocycles. The Hall–Kier alpha value is -0.500. The topological polar surface area (TPSA) is 26.0 Å². The van der Waals surface area contributed by atoms with E-state index in [1.54, 1.807) is 0 Å². The first-order chi connectivity index (χ1) is 6.29. The lowest BCUT2D eigenvalue weighted by atomic mass is 9.86. The number of hydrogen-bond donors (Lipinski definition) is 0. The van der Waals surface area contributed by atoms with Gasteiger partial charge in [-0.05, 0) is 31.4 Å². The first kappa shape index (κ1) is 9.07. The van der Waals surface area contributed by atoms with Crippen molar-refractivity contribution in [2.45, 2.75) is 44.9 Å². The number of rotatable bonds is 1. The van der Waals surface area contributed by atoms with Crippen LogP contribution in [0.25, 0.3) is 0 Å². The van der Waals surface area contributed by atoms with Crippen molar-refractivity contribution in [3.05, 3.63) is 16.5 Å². The van der Waals surface area contributed by atoms with Crippen molar-refractivity contribution in [3.8, 4) is 0 Å². The van der Waals surface area contributed by atoms with E-state index in [0.29, 0.717) is 11.1 Å². The molecule has 2 rings (SSSR count). The predicted molar refractivity (Wildman–Crippen MR) is 52.1 cm³/mol. The molecule has 0 amide bonds. The highest BCUT2D eigenvalue weighted by molar-refractivity contribution is 6.29. The van der Waals surface area contributed by atoms with E-state index in [-0.39, 0.29) is 0 Å². The molecule has 13 heavy (non-hydrogen) atoms. The second-order valence-electron chi connectivity index (χ2n) is 3.80. The van der Waals surface area contributed by atoms with E-state index in [9.17, 15) is 0 Å². The van der Waals surface area contributed by atoms with Gasteiger partial charge < -0.3 is 4.52 Å². The Morgan fingerprint density at radius 3 is 2.54 bits per heavy atom. The summed E-state index contributed by atoms with van der Waals surface area (Å²) in [4.78, 5) is 0. The third kappa shape index (κ3) is 1.73. The lowest BCUT2D eigenvalue weighted by Crippen LogP contribution is -2.05. The lowest BCUT2D eigenvalue weighted by Gasteiger charge is -2.19. The maximum Gasteiger partial charge on any atom is 0.229 e. The van der Waals surface area contributed by atoms with Gasteiger partial charge in [-0.3, -0.25) is 0 Å². The molecule has 0 saturated heterocycles. The third-order valence-corrected chi connectivity index (χ3v) is 3.25. The molecular weight excluding hydrogens is 186 g/mol. The van der Waals surface area contributed by atoms with Crippen molar-refractivity contribution in [3.63, 3.8) is 0 Å². The average Bonchev–Trinajstić information content (AvgIpc) is 2.49. The molecule has 0 N–H and O–H groups in total. The van der Waals surface area contributed by atoms with Crippen LogP contribution in [-0.4, -0.2) is 5.16 Å². The molecule has 0 radical (unpaired) electrons. The molecule has 1 aromatic rings. The van der Waals surface area contributed by atoms with Gasteiger partial charge in [-0.25, -0.2) is 0 Å². The van der Waals surface area contributed by atoms with Crippen molar-refractivity contribution >= 4 is 11.6 Å². The second kappa shape index (κ2) is 3.70. The summed E-state index contributed by atoms with van der Waals surface area (Å²) >= 11 is 5.82. The SMILES string of the molecule is Cc1c(C2CCCCC2)noc1Cl. The summed E-state index contributed by atoms with van der Waals surface area (Å²) < 4.78 is 4.96. The molecule has 0 aromatic carbocycles. The summed E-state index contributed by atoms with van der Waals surface area (Å²) in [6.07, 6.45) is 6.47. The van der Waals surface area contributed by atoms with E-state index in [4.69, 9.17) is 16.1 Å². The van der Waals surface area contributed by atoms with Gasteiger partial charge in [0.1, 0.15) is 0 Å². The molecule has 3 heteroatoms. The number of halogens is 1. The van der Waals surface area contributed by atoms with Gasteiger partial charge in [0.05, 0.1) is 5.69 Å². The summed E-state index contributed by atoms with van der Waals surface area (Å²) in [7, 11) is 0. The highest BCUT2D eigenvalue weighted by Gasteiger charge is 2.22. The average molecular weight is 200 g/mol. The molecule has 2 nitrogen and oxygen atoms in total. The Bertz CT molecular complexity index is 289. The van der Waals surface area contributed by atoms with Crippen molar-refractivity contribution in [1.29, 1.82) is 0 Å². The first-order valence-corrected chi connectivity index (χ1v) is 5.28. The standard InChI is InChI=1S/C10H14ClNO/c1-7-9(12-13-10(7)11)8-5-3-2-4-6-8/h8H,2-6H2,1H3. The van der Waals surface area contributed by atoms with E-state index >= 15 is 0 Å². The molecule has 72 valence electrons. The summed E-state index contributed by atoms with van der Waals surface area (Å²) in [6.45, 7) is 1.99. The van der Waals surface area contributed by atoms with Crippen LogP contribution in [0.1, 0.15) is 49.3 Å². The fraction of sp³-hybridized carbons (Fsp3) is 0.700. The van der Waals surface area contributed by atoms with Crippen LogP contribution in [0.2, 0.25) is 5.22 Å². The Balaban J connectivity index is 2.18. The van der Waals surface area contributed by atoms with Crippen LogP contribution in [0.15, 0.2) is 4.52 Å².